The van der Waals surface area contributed by atoms with Crippen LogP contribution in [0.5, 0.6) is 5.75 Å². The van der Waals surface area contributed by atoms with Crippen molar-refractivity contribution in [3.8, 4) is 11.8 Å². The molecule has 0 fully saturated rings. The molecule has 4 nitrogen and oxygen atoms in total. The molecule has 3 N–H and O–H groups in total. The number of anilines is 1. The molecule has 0 unspecified atom stereocenters. The smallest absolute Gasteiger partial charge is 0.141 e. The van der Waals surface area contributed by atoms with Crippen LogP contribution < -0.4 is 10.5 Å². The number of nitrogen functional groups attached to an aromatic ring is 1. The van der Waals surface area contributed by atoms with E-state index in [1.165, 1.54) is 7.11 Å². The molecule has 0 heterocycles. The van der Waals surface area contributed by atoms with Gasteiger partial charge in [0.2, 0.25) is 0 Å². The molecule has 0 aliphatic rings. The van der Waals surface area contributed by atoms with Crippen LogP contribution >= 0.6 is 0 Å². The van der Waals surface area contributed by atoms with E-state index in [0.717, 1.165) is 0 Å². The van der Waals surface area contributed by atoms with Gasteiger partial charge in [-0.25, -0.2) is 0 Å². The van der Waals surface area contributed by atoms with Crippen molar-refractivity contribution in [2.24, 2.45) is 0 Å². The van der Waals surface area contributed by atoms with E-state index in [-0.39, 0.29) is 5.71 Å². The molecule has 0 amide bonds. The molecule has 0 aliphatic carbocycles. The van der Waals surface area contributed by atoms with Gasteiger partial charge in [-0.2, -0.15) is 5.26 Å². The maximum Gasteiger partial charge on any atom is 0.141 e. The molecule has 0 aromatic heterocycles. The van der Waals surface area contributed by atoms with E-state index in [2.05, 4.69) is 0 Å². The van der Waals surface area contributed by atoms with Crippen LogP contribution in [0.4, 0.5) is 5.69 Å². The average Bonchev–Trinajstić information content (AvgIpc) is 2.16. The van der Waals surface area contributed by atoms with Crippen molar-refractivity contribution in [3.63, 3.8) is 0 Å². The third-order valence-electron chi connectivity index (χ3n) is 1.64. The number of nitrogens with two attached hydrogens (primary N) is 1. The number of nitrogens with zero attached hydrogens (tertiary/aromatic N) is 1. The van der Waals surface area contributed by atoms with Gasteiger partial charge in [0.15, 0.2) is 0 Å². The van der Waals surface area contributed by atoms with Gasteiger partial charge in [0.1, 0.15) is 17.5 Å². The molecule has 1 aromatic rings. The highest BCUT2D eigenvalue weighted by molar-refractivity contribution is 6.12. The van der Waals surface area contributed by atoms with Crippen LogP contribution in [0.2, 0.25) is 0 Å². The van der Waals surface area contributed by atoms with Crippen molar-refractivity contribution >= 4 is 11.4 Å². The van der Waals surface area contributed by atoms with Gasteiger partial charge in [0.25, 0.3) is 0 Å². The van der Waals surface area contributed by atoms with Gasteiger partial charge in [0.05, 0.1) is 7.11 Å². The monoisotopic (exact) mass is 175 g/mol. The average molecular weight is 175 g/mol. The Morgan fingerprint density at radius 3 is 2.77 bits per heavy atom. The SMILES string of the molecule is COc1ccc(C(=N)C#N)c(N)c1. The first-order chi connectivity index (χ1) is 6.19. The molecular weight excluding hydrogens is 166 g/mol. The Hall–Kier alpha value is -2.02. The highest BCUT2D eigenvalue weighted by Crippen LogP contribution is 2.19. The first-order valence-electron chi connectivity index (χ1n) is 3.61. The molecular formula is C9H9N3O. The van der Waals surface area contributed by atoms with Gasteiger partial charge in [-0.05, 0) is 12.1 Å². The normalized spacial score (nSPS) is 8.92. The third-order valence-corrected chi connectivity index (χ3v) is 1.64. The van der Waals surface area contributed by atoms with Crippen LogP contribution in [-0.4, -0.2) is 12.8 Å². The fourth-order valence-corrected chi connectivity index (χ4v) is 0.956. The fourth-order valence-electron chi connectivity index (χ4n) is 0.956. The first-order valence-corrected chi connectivity index (χ1v) is 3.61. The van der Waals surface area contributed by atoms with Crippen LogP contribution in [0.3, 0.4) is 0 Å². The molecule has 4 heteroatoms. The lowest BCUT2D eigenvalue weighted by molar-refractivity contribution is 0.415. The fraction of sp³-hybridized carbons (Fsp3) is 0.111. The molecule has 0 spiro atoms. The number of nitriles is 1. The molecule has 1 aromatic carbocycles. The largest absolute Gasteiger partial charge is 0.497 e. The molecule has 66 valence electrons. The van der Waals surface area contributed by atoms with Crippen LogP contribution in [0, 0.1) is 16.7 Å². The predicted octanol–water partition coefficient (Wildman–Crippen LogP) is 1.17. The number of hydrogen-bond donors (Lipinski definition) is 2. The molecule has 0 atom stereocenters. The number of nitrogens with one attached hydrogen (secondary N) is 1. The van der Waals surface area contributed by atoms with Gasteiger partial charge in [-0.1, -0.05) is 0 Å². The maximum absolute atomic E-state index is 8.48. The molecule has 0 aliphatic heterocycles. The third kappa shape index (κ3) is 1.76. The van der Waals surface area contributed by atoms with E-state index in [1.54, 1.807) is 24.3 Å². The number of hydrogen-bond acceptors (Lipinski definition) is 4. The summed E-state index contributed by atoms with van der Waals surface area (Å²) >= 11 is 0. The topological polar surface area (TPSA) is 82.9 Å². The van der Waals surface area contributed by atoms with E-state index in [0.29, 0.717) is 17.0 Å². The Morgan fingerprint density at radius 2 is 2.31 bits per heavy atom. The van der Waals surface area contributed by atoms with E-state index in [9.17, 15) is 0 Å². The first kappa shape index (κ1) is 9.07. The van der Waals surface area contributed by atoms with Crippen LogP contribution in [0.1, 0.15) is 5.56 Å². The quantitative estimate of drug-likeness (QED) is 0.522. The van der Waals surface area contributed by atoms with Crippen LogP contribution in [-0.2, 0) is 0 Å². The summed E-state index contributed by atoms with van der Waals surface area (Å²) in [6.07, 6.45) is 0. The molecule has 1 rings (SSSR count). The van der Waals surface area contributed by atoms with Gasteiger partial charge in [-0.15, -0.1) is 0 Å². The van der Waals surface area contributed by atoms with E-state index in [4.69, 9.17) is 21.1 Å². The summed E-state index contributed by atoms with van der Waals surface area (Å²) in [7, 11) is 1.53. The summed E-state index contributed by atoms with van der Waals surface area (Å²) in [6.45, 7) is 0. The van der Waals surface area contributed by atoms with Gasteiger partial charge in [0, 0.05) is 17.3 Å². The van der Waals surface area contributed by atoms with Gasteiger partial charge < -0.3 is 10.5 Å². The number of benzene rings is 1. The summed E-state index contributed by atoms with van der Waals surface area (Å²) in [4.78, 5) is 0. The minimum Gasteiger partial charge on any atom is -0.497 e. The minimum absolute atomic E-state index is 0.139. The zero-order valence-electron chi connectivity index (χ0n) is 7.16. The summed E-state index contributed by atoms with van der Waals surface area (Å²) in [5, 5.41) is 15.7. The summed E-state index contributed by atoms with van der Waals surface area (Å²) < 4.78 is 4.93. The lowest BCUT2D eigenvalue weighted by Gasteiger charge is -2.04. The highest BCUT2D eigenvalue weighted by Gasteiger charge is 2.05. The standard InChI is InChI=1S/C9H9N3O/c1-13-6-2-3-7(8(11)4-6)9(12)5-10/h2-4,12H,11H2,1H3. The predicted molar refractivity (Wildman–Crippen MR) is 49.8 cm³/mol. The Morgan fingerprint density at radius 1 is 1.62 bits per heavy atom. The lowest BCUT2D eigenvalue weighted by atomic mass is 10.1. The second-order valence-electron chi connectivity index (χ2n) is 2.44. The second kappa shape index (κ2) is 3.59. The van der Waals surface area contributed by atoms with Crippen LogP contribution in [0.25, 0.3) is 0 Å². The van der Waals surface area contributed by atoms with Crippen molar-refractivity contribution in [2.75, 3.05) is 12.8 Å². The van der Waals surface area contributed by atoms with E-state index >= 15 is 0 Å². The Kier molecular flexibility index (Phi) is 2.50. The zero-order valence-corrected chi connectivity index (χ0v) is 7.16. The van der Waals surface area contributed by atoms with Crippen molar-refractivity contribution in [1.29, 1.82) is 10.7 Å². The van der Waals surface area contributed by atoms with Crippen molar-refractivity contribution in [2.45, 2.75) is 0 Å². The van der Waals surface area contributed by atoms with E-state index in [1.807, 2.05) is 0 Å². The molecule has 0 saturated carbocycles. The van der Waals surface area contributed by atoms with Gasteiger partial charge >= 0.3 is 0 Å². The minimum atomic E-state index is -0.139. The summed E-state index contributed by atoms with van der Waals surface area (Å²) in [5.41, 5.74) is 6.28. The van der Waals surface area contributed by atoms with Crippen molar-refractivity contribution in [3.05, 3.63) is 23.8 Å². The van der Waals surface area contributed by atoms with Crippen LogP contribution in [0.15, 0.2) is 18.2 Å². The second-order valence-corrected chi connectivity index (χ2v) is 2.44. The van der Waals surface area contributed by atoms with E-state index < -0.39 is 0 Å². The molecule has 13 heavy (non-hydrogen) atoms. The number of ether oxygens (including phenoxy) is 1. The Bertz CT molecular complexity index is 379. The van der Waals surface area contributed by atoms with Gasteiger partial charge in [-0.3, -0.25) is 5.41 Å². The Balaban J connectivity index is 3.14. The zero-order chi connectivity index (χ0) is 9.84. The van der Waals surface area contributed by atoms with Crippen molar-refractivity contribution in [1.82, 2.24) is 0 Å². The highest BCUT2D eigenvalue weighted by atomic mass is 16.5. The number of methoxy groups -OCH3 is 1. The lowest BCUT2D eigenvalue weighted by Crippen LogP contribution is -2.01. The molecule has 0 saturated heterocycles. The molecule has 0 radical (unpaired) electrons. The van der Waals surface area contributed by atoms with Crippen molar-refractivity contribution < 1.29 is 4.74 Å². The summed E-state index contributed by atoms with van der Waals surface area (Å²) in [6, 6.07) is 6.57. The maximum atomic E-state index is 8.48. The Labute approximate surface area is 76.1 Å². The molecule has 0 bridgehead atoms. The number of rotatable bonds is 2. The summed E-state index contributed by atoms with van der Waals surface area (Å²) in [5.74, 6) is 0.618.